The van der Waals surface area contributed by atoms with Gasteiger partial charge < -0.3 is 9.73 Å². The fraction of sp³-hybridized carbons (Fsp3) is 0.211. The van der Waals surface area contributed by atoms with E-state index in [1.165, 1.54) is 6.07 Å². The summed E-state index contributed by atoms with van der Waals surface area (Å²) in [6.07, 6.45) is 0. The minimum absolute atomic E-state index is 0.0905. The van der Waals surface area contributed by atoms with E-state index in [-0.39, 0.29) is 22.6 Å². The van der Waals surface area contributed by atoms with Crippen molar-refractivity contribution in [3.05, 3.63) is 59.4 Å². The van der Waals surface area contributed by atoms with E-state index in [9.17, 15) is 9.18 Å². The molecule has 134 valence electrons. The van der Waals surface area contributed by atoms with E-state index in [0.29, 0.717) is 0 Å². The first-order chi connectivity index (χ1) is 12.4. The fourth-order valence-electron chi connectivity index (χ4n) is 2.31. The second kappa shape index (κ2) is 7.70. The Kier molecular flexibility index (Phi) is 5.37. The van der Waals surface area contributed by atoms with Gasteiger partial charge in [-0.2, -0.15) is 0 Å². The topological polar surface area (TPSA) is 68.0 Å². The molecule has 3 rings (SSSR count). The van der Waals surface area contributed by atoms with Crippen molar-refractivity contribution in [1.29, 1.82) is 0 Å². The summed E-state index contributed by atoms with van der Waals surface area (Å²) < 4.78 is 19.3. The minimum Gasteiger partial charge on any atom is -0.411 e. The van der Waals surface area contributed by atoms with Crippen molar-refractivity contribution in [2.24, 2.45) is 0 Å². The molecule has 0 unspecified atom stereocenters. The molecule has 1 aromatic heterocycles. The Labute approximate surface area is 155 Å². The molecule has 1 amide bonds. The van der Waals surface area contributed by atoms with E-state index in [0.717, 1.165) is 28.6 Å². The van der Waals surface area contributed by atoms with Crippen molar-refractivity contribution < 1.29 is 13.6 Å². The van der Waals surface area contributed by atoms with Crippen LogP contribution in [0.25, 0.3) is 11.5 Å². The van der Waals surface area contributed by atoms with Gasteiger partial charge in [-0.25, -0.2) is 4.39 Å². The Bertz CT molecular complexity index is 942. The SMILES string of the molecule is Cc1ccc(C)c(NC(=O)[C@@H](C)Sc2nnc(-c3ccccc3F)o2)c1. The van der Waals surface area contributed by atoms with Crippen molar-refractivity contribution in [3.8, 4) is 11.5 Å². The predicted molar refractivity (Wildman–Crippen MR) is 99.6 cm³/mol. The van der Waals surface area contributed by atoms with Gasteiger partial charge in [0.1, 0.15) is 5.82 Å². The molecule has 1 atom stereocenters. The number of carbonyl (C=O) groups excluding carboxylic acids is 1. The molecular formula is C19H18FN3O2S. The average molecular weight is 371 g/mol. The number of hydrogen-bond acceptors (Lipinski definition) is 5. The second-order valence-corrected chi connectivity index (χ2v) is 7.21. The van der Waals surface area contributed by atoms with Crippen LogP contribution < -0.4 is 5.32 Å². The number of anilines is 1. The zero-order valence-corrected chi connectivity index (χ0v) is 15.4. The highest BCUT2D eigenvalue weighted by atomic mass is 32.2. The molecule has 0 spiro atoms. The van der Waals surface area contributed by atoms with Gasteiger partial charge in [0.25, 0.3) is 11.1 Å². The zero-order chi connectivity index (χ0) is 18.7. The lowest BCUT2D eigenvalue weighted by atomic mass is 10.1. The van der Waals surface area contributed by atoms with Crippen LogP contribution in [-0.2, 0) is 4.79 Å². The van der Waals surface area contributed by atoms with Gasteiger partial charge in [-0.1, -0.05) is 36.0 Å². The quantitative estimate of drug-likeness (QED) is 0.663. The van der Waals surface area contributed by atoms with E-state index >= 15 is 0 Å². The lowest BCUT2D eigenvalue weighted by Gasteiger charge is -2.12. The van der Waals surface area contributed by atoms with Crippen LogP contribution in [0.3, 0.4) is 0 Å². The van der Waals surface area contributed by atoms with Gasteiger partial charge >= 0.3 is 0 Å². The highest BCUT2D eigenvalue weighted by Gasteiger charge is 2.20. The highest BCUT2D eigenvalue weighted by Crippen LogP contribution is 2.28. The molecule has 3 aromatic rings. The lowest BCUT2D eigenvalue weighted by Crippen LogP contribution is -2.22. The van der Waals surface area contributed by atoms with E-state index in [1.807, 2.05) is 32.0 Å². The van der Waals surface area contributed by atoms with Crippen LogP contribution in [0.4, 0.5) is 10.1 Å². The summed E-state index contributed by atoms with van der Waals surface area (Å²) in [5, 5.41) is 10.4. The molecule has 0 radical (unpaired) electrons. The van der Waals surface area contributed by atoms with Crippen LogP contribution in [0.2, 0.25) is 0 Å². The van der Waals surface area contributed by atoms with Crippen LogP contribution in [0.1, 0.15) is 18.1 Å². The van der Waals surface area contributed by atoms with Crippen molar-refractivity contribution in [2.75, 3.05) is 5.32 Å². The number of nitrogens with one attached hydrogen (secondary N) is 1. The molecule has 0 aliphatic heterocycles. The summed E-state index contributed by atoms with van der Waals surface area (Å²) in [5.41, 5.74) is 3.07. The Hall–Kier alpha value is -2.67. The number of halogens is 1. The van der Waals surface area contributed by atoms with Crippen LogP contribution in [-0.4, -0.2) is 21.4 Å². The first-order valence-corrected chi connectivity index (χ1v) is 8.95. The number of aromatic nitrogens is 2. The van der Waals surface area contributed by atoms with Crippen molar-refractivity contribution in [3.63, 3.8) is 0 Å². The second-order valence-electron chi connectivity index (χ2n) is 5.92. The number of benzene rings is 2. The number of rotatable bonds is 5. The minimum atomic E-state index is -0.455. The van der Waals surface area contributed by atoms with Gasteiger partial charge in [0, 0.05) is 5.69 Å². The molecule has 5 nitrogen and oxygen atoms in total. The van der Waals surface area contributed by atoms with E-state index < -0.39 is 11.1 Å². The number of hydrogen-bond donors (Lipinski definition) is 1. The Morgan fingerprint density at radius 1 is 1.19 bits per heavy atom. The zero-order valence-electron chi connectivity index (χ0n) is 14.6. The van der Waals surface area contributed by atoms with Gasteiger partial charge in [-0.3, -0.25) is 4.79 Å². The smallest absolute Gasteiger partial charge is 0.277 e. The van der Waals surface area contributed by atoms with E-state index in [2.05, 4.69) is 15.5 Å². The first kappa shape index (κ1) is 18.1. The van der Waals surface area contributed by atoms with Gasteiger partial charge in [-0.15, -0.1) is 10.2 Å². The maximum absolute atomic E-state index is 13.8. The molecule has 0 aliphatic carbocycles. The Balaban J connectivity index is 1.68. The summed E-state index contributed by atoms with van der Waals surface area (Å²) in [6.45, 7) is 5.65. The molecule has 7 heteroatoms. The molecule has 1 N–H and O–H groups in total. The van der Waals surface area contributed by atoms with Gasteiger partial charge in [-0.05, 0) is 50.1 Å². The Morgan fingerprint density at radius 3 is 2.73 bits per heavy atom. The van der Waals surface area contributed by atoms with Crippen molar-refractivity contribution >= 4 is 23.4 Å². The molecule has 26 heavy (non-hydrogen) atoms. The molecule has 1 heterocycles. The van der Waals surface area contributed by atoms with Crippen molar-refractivity contribution in [2.45, 2.75) is 31.2 Å². The fourth-order valence-corrected chi connectivity index (χ4v) is 2.99. The predicted octanol–water partition coefficient (Wildman–Crippen LogP) is 4.61. The van der Waals surface area contributed by atoms with Gasteiger partial charge in [0.15, 0.2) is 0 Å². The summed E-state index contributed by atoms with van der Waals surface area (Å²) in [5.74, 6) is -0.518. The van der Waals surface area contributed by atoms with Gasteiger partial charge in [0.05, 0.1) is 10.8 Å². The normalized spacial score (nSPS) is 12.0. The molecule has 0 saturated heterocycles. The molecule has 0 aliphatic rings. The summed E-state index contributed by atoms with van der Waals surface area (Å²) >= 11 is 1.13. The molecule has 2 aromatic carbocycles. The molecule has 0 saturated carbocycles. The van der Waals surface area contributed by atoms with Crippen LogP contribution in [0.5, 0.6) is 0 Å². The third-order valence-electron chi connectivity index (χ3n) is 3.81. The lowest BCUT2D eigenvalue weighted by molar-refractivity contribution is -0.115. The largest absolute Gasteiger partial charge is 0.411 e. The summed E-state index contributed by atoms with van der Waals surface area (Å²) in [4.78, 5) is 12.4. The van der Waals surface area contributed by atoms with Crippen LogP contribution >= 0.6 is 11.8 Å². The van der Waals surface area contributed by atoms with Crippen LogP contribution in [0.15, 0.2) is 52.1 Å². The molecular weight excluding hydrogens is 353 g/mol. The third-order valence-corrected chi connectivity index (χ3v) is 4.74. The number of amides is 1. The molecule has 0 bridgehead atoms. The number of carbonyl (C=O) groups is 1. The molecule has 0 fully saturated rings. The number of nitrogens with zero attached hydrogens (tertiary/aromatic N) is 2. The monoisotopic (exact) mass is 371 g/mol. The van der Waals surface area contributed by atoms with E-state index in [1.54, 1.807) is 25.1 Å². The number of thioether (sulfide) groups is 1. The maximum atomic E-state index is 13.8. The van der Waals surface area contributed by atoms with Crippen molar-refractivity contribution in [1.82, 2.24) is 10.2 Å². The number of aryl methyl sites for hydroxylation is 2. The van der Waals surface area contributed by atoms with Gasteiger partial charge in [0.2, 0.25) is 5.91 Å². The average Bonchev–Trinajstić information content (AvgIpc) is 3.06. The van der Waals surface area contributed by atoms with Crippen LogP contribution in [0, 0.1) is 19.7 Å². The summed E-state index contributed by atoms with van der Waals surface area (Å²) in [7, 11) is 0. The summed E-state index contributed by atoms with van der Waals surface area (Å²) in [6, 6.07) is 12.0. The standard InChI is InChI=1S/C19H18FN3O2S/c1-11-8-9-12(2)16(10-11)21-17(24)13(3)26-19-23-22-18(25-19)14-6-4-5-7-15(14)20/h4-10,13H,1-3H3,(H,21,24)/t13-/m1/s1. The third kappa shape index (κ3) is 4.11. The maximum Gasteiger partial charge on any atom is 0.277 e. The first-order valence-electron chi connectivity index (χ1n) is 8.07. The Morgan fingerprint density at radius 2 is 1.96 bits per heavy atom. The van der Waals surface area contributed by atoms with E-state index in [4.69, 9.17) is 4.42 Å². The highest BCUT2D eigenvalue weighted by molar-refractivity contribution is 8.00.